The Labute approximate surface area is 227 Å². The van der Waals surface area contributed by atoms with Crippen LogP contribution in [-0.4, -0.2) is 24.6 Å². The fourth-order valence-electron chi connectivity index (χ4n) is 3.00. The first-order valence-electron chi connectivity index (χ1n) is 11.0. The molecule has 0 aliphatic heterocycles. The summed E-state index contributed by atoms with van der Waals surface area (Å²) >= 11 is 15.6. The first-order valence-corrected chi connectivity index (χ1v) is 12.6. The molecular formula is C26H24BrCl2N3O4. The number of amides is 2. The zero-order valence-electron chi connectivity index (χ0n) is 19.4. The Kier molecular flexibility index (Phi) is 10.6. The number of benzene rings is 3. The molecule has 0 atom stereocenters. The minimum Gasteiger partial charge on any atom is -0.494 e. The fourth-order valence-corrected chi connectivity index (χ4v) is 3.97. The van der Waals surface area contributed by atoms with E-state index in [1.165, 1.54) is 6.21 Å². The molecule has 188 valence electrons. The van der Waals surface area contributed by atoms with E-state index in [9.17, 15) is 9.59 Å². The molecule has 0 spiro atoms. The summed E-state index contributed by atoms with van der Waals surface area (Å²) in [5.41, 5.74) is 4.62. The Morgan fingerprint density at radius 1 is 0.972 bits per heavy atom. The Morgan fingerprint density at radius 2 is 1.72 bits per heavy atom. The average molecular weight is 593 g/mol. The molecule has 3 aromatic rings. The van der Waals surface area contributed by atoms with Gasteiger partial charge in [0.2, 0.25) is 11.8 Å². The molecule has 10 heteroatoms. The van der Waals surface area contributed by atoms with Gasteiger partial charge < -0.3 is 14.8 Å². The summed E-state index contributed by atoms with van der Waals surface area (Å²) in [7, 11) is 0. The van der Waals surface area contributed by atoms with E-state index in [1.54, 1.807) is 54.6 Å². The van der Waals surface area contributed by atoms with E-state index in [0.717, 1.165) is 16.9 Å². The summed E-state index contributed by atoms with van der Waals surface area (Å²) < 4.78 is 11.9. The molecule has 0 aliphatic rings. The number of ether oxygens (including phenoxy) is 2. The average Bonchev–Trinajstić information content (AvgIpc) is 2.84. The lowest BCUT2D eigenvalue weighted by molar-refractivity contribution is -0.124. The monoisotopic (exact) mass is 591 g/mol. The summed E-state index contributed by atoms with van der Waals surface area (Å²) in [4.78, 5) is 24.1. The number of hydrogen-bond acceptors (Lipinski definition) is 5. The molecule has 2 N–H and O–H groups in total. The number of carbonyl (C=O) groups is 2. The number of nitrogens with zero attached hydrogens (tertiary/aromatic N) is 1. The van der Waals surface area contributed by atoms with E-state index in [4.69, 9.17) is 32.7 Å². The maximum atomic E-state index is 12.1. The minimum absolute atomic E-state index is 0.00390. The van der Waals surface area contributed by atoms with Crippen molar-refractivity contribution in [3.8, 4) is 11.5 Å². The number of carbonyl (C=O) groups excluding carboxylic acids is 2. The van der Waals surface area contributed by atoms with Crippen LogP contribution in [0.25, 0.3) is 0 Å². The van der Waals surface area contributed by atoms with Crippen LogP contribution in [-0.2, 0) is 16.2 Å². The SMILES string of the molecule is CCOc1ccc(NC(=O)CCC(=O)NN=Cc2ccc(OCc3ccc(Cl)cc3Cl)c(Br)c2)cc1. The van der Waals surface area contributed by atoms with E-state index in [0.29, 0.717) is 32.6 Å². The van der Waals surface area contributed by atoms with Gasteiger partial charge in [-0.2, -0.15) is 5.10 Å². The number of hydrogen-bond donors (Lipinski definition) is 2. The molecule has 0 fully saturated rings. The second-order valence-corrected chi connectivity index (χ2v) is 9.21. The van der Waals surface area contributed by atoms with E-state index in [-0.39, 0.29) is 31.3 Å². The summed E-state index contributed by atoms with van der Waals surface area (Å²) in [6.07, 6.45) is 1.54. The predicted octanol–water partition coefficient (Wildman–Crippen LogP) is 6.60. The standard InChI is InChI=1S/C26H24BrCl2N3O4/c1-2-35-21-8-6-20(7-9-21)31-25(33)11-12-26(34)32-30-15-17-3-10-24(22(27)13-17)36-16-18-4-5-19(28)14-23(18)29/h3-10,13-15H,2,11-12,16H2,1H3,(H,31,33)(H,32,34). The largest absolute Gasteiger partial charge is 0.494 e. The van der Waals surface area contributed by atoms with Crippen LogP contribution < -0.4 is 20.2 Å². The third kappa shape index (κ3) is 8.86. The van der Waals surface area contributed by atoms with Gasteiger partial charge >= 0.3 is 0 Å². The van der Waals surface area contributed by atoms with Gasteiger partial charge in [0.25, 0.3) is 0 Å². The zero-order chi connectivity index (χ0) is 25.9. The Hall–Kier alpha value is -3.07. The third-order valence-corrected chi connectivity index (χ3v) is 5.99. The highest BCUT2D eigenvalue weighted by molar-refractivity contribution is 9.10. The summed E-state index contributed by atoms with van der Waals surface area (Å²) in [6.45, 7) is 2.75. The highest BCUT2D eigenvalue weighted by atomic mass is 79.9. The van der Waals surface area contributed by atoms with Crippen LogP contribution in [0.2, 0.25) is 10.0 Å². The number of anilines is 1. The molecule has 0 radical (unpaired) electrons. The second kappa shape index (κ2) is 13.9. The highest BCUT2D eigenvalue weighted by Gasteiger charge is 2.08. The van der Waals surface area contributed by atoms with Crippen LogP contribution in [0.3, 0.4) is 0 Å². The quantitative estimate of drug-likeness (QED) is 0.194. The van der Waals surface area contributed by atoms with Crippen molar-refractivity contribution in [3.63, 3.8) is 0 Å². The first kappa shape index (κ1) is 27.5. The maximum Gasteiger partial charge on any atom is 0.240 e. The molecule has 36 heavy (non-hydrogen) atoms. The van der Waals surface area contributed by atoms with Gasteiger partial charge in [-0.15, -0.1) is 0 Å². The summed E-state index contributed by atoms with van der Waals surface area (Å²) in [6, 6.07) is 17.6. The van der Waals surface area contributed by atoms with Crippen molar-refractivity contribution >= 4 is 62.8 Å². The topological polar surface area (TPSA) is 89.0 Å². The van der Waals surface area contributed by atoms with Crippen LogP contribution in [0.15, 0.2) is 70.2 Å². The van der Waals surface area contributed by atoms with Crippen LogP contribution in [0, 0.1) is 0 Å². The third-order valence-electron chi connectivity index (χ3n) is 4.79. The molecule has 3 rings (SSSR count). The molecule has 2 amide bonds. The Balaban J connectivity index is 1.42. The van der Waals surface area contributed by atoms with Gasteiger partial charge in [-0.25, -0.2) is 5.43 Å². The van der Waals surface area contributed by atoms with E-state index in [1.807, 2.05) is 13.0 Å². The maximum absolute atomic E-state index is 12.1. The summed E-state index contributed by atoms with van der Waals surface area (Å²) in [5.74, 6) is 0.718. The van der Waals surface area contributed by atoms with Gasteiger partial charge in [-0.1, -0.05) is 29.3 Å². The molecule has 0 heterocycles. The van der Waals surface area contributed by atoms with Gasteiger partial charge in [0.05, 0.1) is 17.3 Å². The fraction of sp³-hybridized carbons (Fsp3) is 0.192. The Morgan fingerprint density at radius 3 is 2.42 bits per heavy atom. The highest BCUT2D eigenvalue weighted by Crippen LogP contribution is 2.28. The zero-order valence-corrected chi connectivity index (χ0v) is 22.5. The predicted molar refractivity (Wildman–Crippen MR) is 146 cm³/mol. The number of nitrogens with one attached hydrogen (secondary N) is 2. The van der Waals surface area contributed by atoms with Gasteiger partial charge in [0.1, 0.15) is 18.1 Å². The van der Waals surface area contributed by atoms with Crippen molar-refractivity contribution in [2.75, 3.05) is 11.9 Å². The lowest BCUT2D eigenvalue weighted by atomic mass is 10.2. The minimum atomic E-state index is -0.369. The van der Waals surface area contributed by atoms with Crippen LogP contribution >= 0.6 is 39.1 Å². The van der Waals surface area contributed by atoms with E-state index < -0.39 is 0 Å². The van der Waals surface area contributed by atoms with Crippen molar-refractivity contribution in [1.82, 2.24) is 5.43 Å². The van der Waals surface area contributed by atoms with Crippen LogP contribution in [0.1, 0.15) is 30.9 Å². The molecular weight excluding hydrogens is 569 g/mol. The molecule has 0 unspecified atom stereocenters. The molecule has 0 aromatic heterocycles. The number of halogens is 3. The van der Waals surface area contributed by atoms with Crippen LogP contribution in [0.4, 0.5) is 5.69 Å². The van der Waals surface area contributed by atoms with Gasteiger partial charge in [0, 0.05) is 34.1 Å². The second-order valence-electron chi connectivity index (χ2n) is 7.51. The van der Waals surface area contributed by atoms with Gasteiger partial charge in [-0.05, 0) is 83.0 Å². The van der Waals surface area contributed by atoms with Gasteiger partial charge in [-0.3, -0.25) is 9.59 Å². The number of rotatable bonds is 11. The molecule has 0 saturated heterocycles. The van der Waals surface area contributed by atoms with Crippen molar-refractivity contribution in [2.45, 2.75) is 26.4 Å². The molecule has 0 aliphatic carbocycles. The van der Waals surface area contributed by atoms with Crippen molar-refractivity contribution in [1.29, 1.82) is 0 Å². The molecule has 0 saturated carbocycles. The van der Waals surface area contributed by atoms with E-state index >= 15 is 0 Å². The first-order chi connectivity index (χ1) is 17.3. The molecule has 0 bridgehead atoms. The summed E-state index contributed by atoms with van der Waals surface area (Å²) in [5, 5.41) is 7.79. The molecule has 3 aromatic carbocycles. The van der Waals surface area contributed by atoms with Crippen molar-refractivity contribution in [3.05, 3.63) is 86.3 Å². The van der Waals surface area contributed by atoms with E-state index in [2.05, 4.69) is 31.8 Å². The Bertz CT molecular complexity index is 1240. The van der Waals surface area contributed by atoms with Crippen molar-refractivity contribution < 1.29 is 19.1 Å². The van der Waals surface area contributed by atoms with Crippen molar-refractivity contribution in [2.24, 2.45) is 5.10 Å². The van der Waals surface area contributed by atoms with Crippen LogP contribution in [0.5, 0.6) is 11.5 Å². The van der Waals surface area contributed by atoms with Gasteiger partial charge in [0.15, 0.2) is 0 Å². The molecule has 7 nitrogen and oxygen atoms in total. The number of hydrazone groups is 1. The normalized spacial score (nSPS) is 10.8. The lowest BCUT2D eigenvalue weighted by Crippen LogP contribution is -2.20. The lowest BCUT2D eigenvalue weighted by Gasteiger charge is -2.10. The smallest absolute Gasteiger partial charge is 0.240 e.